The minimum Gasteiger partial charge on any atom is -0.354 e. The predicted molar refractivity (Wildman–Crippen MR) is 155 cm³/mol. The highest BCUT2D eigenvalue weighted by molar-refractivity contribution is 7.99. The molecule has 0 aliphatic carbocycles. The Kier molecular flexibility index (Phi) is 11.6. The Balaban J connectivity index is 1.77. The van der Waals surface area contributed by atoms with E-state index < -0.39 is 6.04 Å². The van der Waals surface area contributed by atoms with Crippen molar-refractivity contribution in [3.8, 4) is 0 Å². The number of hydrogen-bond donors (Lipinski definition) is 1. The van der Waals surface area contributed by atoms with Crippen LogP contribution in [0.25, 0.3) is 0 Å². The van der Waals surface area contributed by atoms with Crippen LogP contribution in [0.5, 0.6) is 0 Å². The number of carbonyl (C=O) groups is 2. The third-order valence-electron chi connectivity index (χ3n) is 6.05. The van der Waals surface area contributed by atoms with Gasteiger partial charge in [0.15, 0.2) is 0 Å². The number of amides is 2. The van der Waals surface area contributed by atoms with E-state index in [1.54, 1.807) is 16.7 Å². The lowest BCUT2D eigenvalue weighted by Crippen LogP contribution is -2.51. The zero-order valence-corrected chi connectivity index (χ0v) is 23.5. The molecule has 1 atom stereocenters. The van der Waals surface area contributed by atoms with E-state index in [1.165, 1.54) is 0 Å². The highest BCUT2D eigenvalue weighted by Gasteiger charge is 2.30. The van der Waals surface area contributed by atoms with Crippen LogP contribution < -0.4 is 5.32 Å². The highest BCUT2D eigenvalue weighted by Crippen LogP contribution is 2.22. The summed E-state index contributed by atoms with van der Waals surface area (Å²) in [5.74, 6) is 1.04. The molecule has 0 bridgehead atoms. The van der Waals surface area contributed by atoms with E-state index in [0.717, 1.165) is 33.8 Å². The van der Waals surface area contributed by atoms with Gasteiger partial charge in [-0.1, -0.05) is 85.6 Å². The fourth-order valence-corrected chi connectivity index (χ4v) is 4.93. The van der Waals surface area contributed by atoms with Gasteiger partial charge < -0.3 is 10.2 Å². The van der Waals surface area contributed by atoms with Crippen LogP contribution in [0.3, 0.4) is 0 Å². The van der Waals surface area contributed by atoms with Crippen molar-refractivity contribution in [2.75, 3.05) is 12.3 Å². The standard InChI is InChI=1S/C31H37ClN2O2S/c1-23(2)21-33-31(36)29(20-25-8-5-4-6-9-25)34(22-26-13-11-24(3)12-14-26)30(35)10-7-19-37-28-17-15-27(32)16-18-28/h4-6,8-9,11-18,23,29H,7,10,19-22H2,1-3H3,(H,33,36). The van der Waals surface area contributed by atoms with Crippen LogP contribution in [0.1, 0.15) is 43.4 Å². The van der Waals surface area contributed by atoms with Crippen LogP contribution in [-0.2, 0) is 22.6 Å². The fraction of sp³-hybridized carbons (Fsp3) is 0.355. The third-order valence-corrected chi connectivity index (χ3v) is 7.40. The van der Waals surface area contributed by atoms with E-state index in [2.05, 4.69) is 19.2 Å². The van der Waals surface area contributed by atoms with E-state index in [-0.39, 0.29) is 11.8 Å². The maximum Gasteiger partial charge on any atom is 0.243 e. The van der Waals surface area contributed by atoms with Crippen molar-refractivity contribution in [1.82, 2.24) is 10.2 Å². The molecule has 0 saturated carbocycles. The Morgan fingerprint density at radius 1 is 0.919 bits per heavy atom. The first-order valence-corrected chi connectivity index (χ1v) is 14.2. The molecule has 4 nitrogen and oxygen atoms in total. The van der Waals surface area contributed by atoms with Crippen molar-refractivity contribution in [2.24, 2.45) is 5.92 Å². The summed E-state index contributed by atoms with van der Waals surface area (Å²) >= 11 is 7.69. The van der Waals surface area contributed by atoms with Crippen molar-refractivity contribution in [2.45, 2.75) is 57.5 Å². The van der Waals surface area contributed by atoms with E-state index >= 15 is 0 Å². The molecule has 0 aliphatic heterocycles. The maximum atomic E-state index is 13.7. The second-order valence-corrected chi connectivity index (χ2v) is 11.4. The Bertz CT molecular complexity index is 1120. The van der Waals surface area contributed by atoms with Crippen LogP contribution in [0.15, 0.2) is 83.8 Å². The van der Waals surface area contributed by atoms with Crippen molar-refractivity contribution in [3.63, 3.8) is 0 Å². The van der Waals surface area contributed by atoms with E-state index in [0.29, 0.717) is 36.9 Å². The number of rotatable bonds is 13. The quantitative estimate of drug-likeness (QED) is 0.190. The molecule has 37 heavy (non-hydrogen) atoms. The van der Waals surface area contributed by atoms with Crippen molar-refractivity contribution < 1.29 is 9.59 Å². The molecule has 3 aromatic rings. The van der Waals surface area contributed by atoms with Crippen molar-refractivity contribution >= 4 is 35.2 Å². The van der Waals surface area contributed by atoms with Crippen LogP contribution >= 0.6 is 23.4 Å². The molecule has 0 radical (unpaired) electrons. The maximum absolute atomic E-state index is 13.7. The topological polar surface area (TPSA) is 49.4 Å². The number of nitrogens with one attached hydrogen (secondary N) is 1. The summed E-state index contributed by atoms with van der Waals surface area (Å²) in [4.78, 5) is 30.0. The lowest BCUT2D eigenvalue weighted by molar-refractivity contribution is -0.141. The summed E-state index contributed by atoms with van der Waals surface area (Å²) in [5, 5.41) is 3.79. The van der Waals surface area contributed by atoms with Crippen molar-refractivity contribution in [1.29, 1.82) is 0 Å². The number of halogens is 1. The van der Waals surface area contributed by atoms with Gasteiger partial charge in [-0.3, -0.25) is 9.59 Å². The minimum absolute atomic E-state index is 0.00194. The minimum atomic E-state index is -0.584. The normalized spacial score (nSPS) is 11.8. The summed E-state index contributed by atoms with van der Waals surface area (Å²) < 4.78 is 0. The van der Waals surface area contributed by atoms with Gasteiger partial charge in [0.25, 0.3) is 0 Å². The molecule has 0 heterocycles. The lowest BCUT2D eigenvalue weighted by Gasteiger charge is -2.32. The van der Waals surface area contributed by atoms with Crippen molar-refractivity contribution in [3.05, 3.63) is 101 Å². The number of thioether (sulfide) groups is 1. The van der Waals surface area contributed by atoms with Gasteiger partial charge in [0, 0.05) is 35.8 Å². The fourth-order valence-electron chi connectivity index (χ4n) is 3.95. The van der Waals surface area contributed by atoms with Gasteiger partial charge >= 0.3 is 0 Å². The second kappa shape index (κ2) is 14.8. The molecule has 0 aromatic heterocycles. The molecule has 1 unspecified atom stereocenters. The SMILES string of the molecule is Cc1ccc(CN(C(=O)CCCSc2ccc(Cl)cc2)C(Cc2ccccc2)C(=O)NCC(C)C)cc1. The van der Waals surface area contributed by atoms with Gasteiger partial charge in [0.1, 0.15) is 6.04 Å². The van der Waals surface area contributed by atoms with Crippen LogP contribution in [0.4, 0.5) is 0 Å². The van der Waals surface area contributed by atoms with Crippen LogP contribution in [0, 0.1) is 12.8 Å². The molecule has 1 N–H and O–H groups in total. The molecule has 2 amide bonds. The average molecular weight is 537 g/mol. The molecule has 0 aliphatic rings. The Hall–Kier alpha value is -2.76. The first-order valence-electron chi connectivity index (χ1n) is 12.9. The van der Waals surface area contributed by atoms with Crippen LogP contribution in [-0.4, -0.2) is 35.1 Å². The summed E-state index contributed by atoms with van der Waals surface area (Å²) in [6, 6.07) is 25.3. The van der Waals surface area contributed by atoms with Gasteiger partial charge in [-0.15, -0.1) is 11.8 Å². The molecule has 196 valence electrons. The van der Waals surface area contributed by atoms with Crippen LogP contribution in [0.2, 0.25) is 5.02 Å². The van der Waals surface area contributed by atoms with Gasteiger partial charge in [-0.2, -0.15) is 0 Å². The molecule has 0 fully saturated rings. The Labute approximate surface area is 230 Å². The lowest BCUT2D eigenvalue weighted by atomic mass is 10.0. The number of aryl methyl sites for hydroxylation is 1. The first-order chi connectivity index (χ1) is 17.8. The van der Waals surface area contributed by atoms with E-state index in [4.69, 9.17) is 11.6 Å². The molecular formula is C31H37ClN2O2S. The molecule has 6 heteroatoms. The predicted octanol–water partition coefficient (Wildman–Crippen LogP) is 6.93. The number of benzene rings is 3. The third kappa shape index (κ3) is 9.90. The molecule has 3 rings (SSSR count). The summed E-state index contributed by atoms with van der Waals surface area (Å²) in [6.07, 6.45) is 1.58. The smallest absolute Gasteiger partial charge is 0.243 e. The van der Waals surface area contributed by atoms with Gasteiger partial charge in [-0.05, 0) is 60.4 Å². The molecule has 3 aromatic carbocycles. The molecule has 0 spiro atoms. The van der Waals surface area contributed by atoms with E-state index in [1.807, 2.05) is 85.8 Å². The largest absolute Gasteiger partial charge is 0.354 e. The number of hydrogen-bond acceptors (Lipinski definition) is 3. The Morgan fingerprint density at radius 2 is 1.59 bits per heavy atom. The van der Waals surface area contributed by atoms with Gasteiger partial charge in [0.2, 0.25) is 11.8 Å². The zero-order valence-electron chi connectivity index (χ0n) is 22.0. The van der Waals surface area contributed by atoms with E-state index in [9.17, 15) is 9.59 Å². The zero-order chi connectivity index (χ0) is 26.6. The molecule has 0 saturated heterocycles. The summed E-state index contributed by atoms with van der Waals surface area (Å²) in [6.45, 7) is 7.16. The monoisotopic (exact) mass is 536 g/mol. The Morgan fingerprint density at radius 3 is 2.24 bits per heavy atom. The average Bonchev–Trinajstić information content (AvgIpc) is 2.89. The van der Waals surface area contributed by atoms with Gasteiger partial charge in [0.05, 0.1) is 0 Å². The molecular weight excluding hydrogens is 500 g/mol. The summed E-state index contributed by atoms with van der Waals surface area (Å²) in [5.41, 5.74) is 3.22. The first kappa shape index (κ1) is 28.8. The second-order valence-electron chi connectivity index (χ2n) is 9.76. The number of carbonyl (C=O) groups excluding carboxylic acids is 2. The van der Waals surface area contributed by atoms with Gasteiger partial charge in [-0.25, -0.2) is 0 Å². The highest BCUT2D eigenvalue weighted by atomic mass is 35.5. The summed E-state index contributed by atoms with van der Waals surface area (Å²) in [7, 11) is 0. The number of nitrogens with zero attached hydrogens (tertiary/aromatic N) is 1.